The maximum atomic E-state index is 13.3. The first-order valence-corrected chi connectivity index (χ1v) is 11.9. The second-order valence-corrected chi connectivity index (χ2v) is 9.69. The van der Waals surface area contributed by atoms with Crippen molar-refractivity contribution in [1.29, 1.82) is 5.26 Å². The number of carbonyl (C=O) groups is 1. The van der Waals surface area contributed by atoms with Gasteiger partial charge in [0.25, 0.3) is 5.56 Å². The average Bonchev–Trinajstić information content (AvgIpc) is 3.12. The number of benzene rings is 1. The Bertz CT molecular complexity index is 1270. The van der Waals surface area contributed by atoms with Gasteiger partial charge in [0.15, 0.2) is 5.16 Å². The van der Waals surface area contributed by atoms with Gasteiger partial charge < -0.3 is 5.32 Å². The molecular weight excluding hydrogens is 428 g/mol. The SMILES string of the molecule is C=CCn1c(SCC(=O)Nc2cccc(C#N)c2)nc2sc3c(c2c1=O)CCC(C)C3. The smallest absolute Gasteiger partial charge is 0.263 e. The quantitative estimate of drug-likeness (QED) is 0.342. The number of nitriles is 1. The number of rotatable bonds is 6. The van der Waals surface area contributed by atoms with Crippen LogP contribution in [0.5, 0.6) is 0 Å². The van der Waals surface area contributed by atoms with Crippen molar-refractivity contribution < 1.29 is 4.79 Å². The fourth-order valence-corrected chi connectivity index (χ4v) is 6.03. The molecule has 1 aliphatic carbocycles. The molecule has 0 bridgehead atoms. The zero-order valence-corrected chi connectivity index (χ0v) is 18.8. The van der Waals surface area contributed by atoms with Gasteiger partial charge in [-0.05, 0) is 48.9 Å². The Morgan fingerprint density at radius 3 is 3.13 bits per heavy atom. The Morgan fingerprint density at radius 2 is 2.35 bits per heavy atom. The summed E-state index contributed by atoms with van der Waals surface area (Å²) in [5.74, 6) is 0.500. The lowest BCUT2D eigenvalue weighted by atomic mass is 9.89. The number of thiophene rings is 1. The van der Waals surface area contributed by atoms with E-state index in [0.29, 0.717) is 28.9 Å². The number of allylic oxidation sites excluding steroid dienone is 1. The fraction of sp³-hybridized carbons (Fsp3) is 0.304. The van der Waals surface area contributed by atoms with Crippen molar-refractivity contribution in [3.63, 3.8) is 0 Å². The Kier molecular flexibility index (Phi) is 6.25. The van der Waals surface area contributed by atoms with Crippen LogP contribution in [0.2, 0.25) is 0 Å². The second-order valence-electron chi connectivity index (χ2n) is 7.66. The van der Waals surface area contributed by atoms with E-state index >= 15 is 0 Å². The summed E-state index contributed by atoms with van der Waals surface area (Å²) in [6, 6.07) is 8.81. The number of thioether (sulfide) groups is 1. The van der Waals surface area contributed by atoms with Crippen molar-refractivity contribution in [3.8, 4) is 6.07 Å². The number of hydrogen-bond donors (Lipinski definition) is 1. The van der Waals surface area contributed by atoms with Crippen LogP contribution >= 0.6 is 23.1 Å². The van der Waals surface area contributed by atoms with E-state index in [1.807, 2.05) is 0 Å². The standard InChI is InChI=1S/C23H22N4O2S2/c1-3-9-27-22(29)20-17-8-7-14(2)10-18(17)31-21(20)26-23(27)30-13-19(28)25-16-6-4-5-15(11-16)12-24/h3-6,11,14H,1,7-10,13H2,2H3,(H,25,28). The molecule has 0 fully saturated rings. The number of aryl methyl sites for hydroxylation is 1. The van der Waals surface area contributed by atoms with E-state index in [1.54, 1.807) is 46.2 Å². The first-order valence-electron chi connectivity index (χ1n) is 10.1. The van der Waals surface area contributed by atoms with E-state index in [-0.39, 0.29) is 17.2 Å². The fourth-order valence-electron chi connectivity index (χ4n) is 3.80. The van der Waals surface area contributed by atoms with Crippen LogP contribution in [0.4, 0.5) is 5.69 Å². The molecular formula is C23H22N4O2S2. The van der Waals surface area contributed by atoms with Crippen molar-refractivity contribution in [2.75, 3.05) is 11.1 Å². The molecule has 8 heteroatoms. The number of aromatic nitrogens is 2. The van der Waals surface area contributed by atoms with Gasteiger partial charge in [0.2, 0.25) is 5.91 Å². The summed E-state index contributed by atoms with van der Waals surface area (Å²) in [4.78, 5) is 32.5. The van der Waals surface area contributed by atoms with Gasteiger partial charge in [-0.2, -0.15) is 5.26 Å². The Labute approximate surface area is 188 Å². The topological polar surface area (TPSA) is 87.8 Å². The summed E-state index contributed by atoms with van der Waals surface area (Å²) >= 11 is 2.84. The third-order valence-electron chi connectivity index (χ3n) is 5.30. The highest BCUT2D eigenvalue weighted by molar-refractivity contribution is 7.99. The molecule has 0 spiro atoms. The van der Waals surface area contributed by atoms with Gasteiger partial charge in [-0.3, -0.25) is 14.2 Å². The van der Waals surface area contributed by atoms with Gasteiger partial charge in [0.1, 0.15) is 4.83 Å². The number of anilines is 1. The molecule has 0 saturated carbocycles. The molecule has 31 heavy (non-hydrogen) atoms. The van der Waals surface area contributed by atoms with Crippen molar-refractivity contribution in [2.24, 2.45) is 5.92 Å². The number of carbonyl (C=O) groups excluding carboxylic acids is 1. The maximum Gasteiger partial charge on any atom is 0.263 e. The molecule has 2 heterocycles. The highest BCUT2D eigenvalue weighted by Gasteiger charge is 2.24. The molecule has 3 aromatic rings. The predicted molar refractivity (Wildman–Crippen MR) is 126 cm³/mol. The van der Waals surface area contributed by atoms with E-state index in [0.717, 1.165) is 35.0 Å². The zero-order valence-electron chi connectivity index (χ0n) is 17.2. The minimum Gasteiger partial charge on any atom is -0.325 e. The molecule has 1 aliphatic rings. The van der Waals surface area contributed by atoms with E-state index in [9.17, 15) is 9.59 Å². The Morgan fingerprint density at radius 1 is 1.52 bits per heavy atom. The van der Waals surface area contributed by atoms with Crippen LogP contribution < -0.4 is 10.9 Å². The normalized spacial score (nSPS) is 15.3. The highest BCUT2D eigenvalue weighted by Crippen LogP contribution is 2.36. The molecule has 0 radical (unpaired) electrons. The molecule has 2 aromatic heterocycles. The van der Waals surface area contributed by atoms with Gasteiger partial charge in [-0.1, -0.05) is 30.8 Å². The van der Waals surface area contributed by atoms with Gasteiger partial charge in [-0.25, -0.2) is 4.98 Å². The summed E-state index contributed by atoms with van der Waals surface area (Å²) in [7, 11) is 0. The molecule has 6 nitrogen and oxygen atoms in total. The van der Waals surface area contributed by atoms with Crippen LogP contribution in [-0.2, 0) is 24.2 Å². The van der Waals surface area contributed by atoms with E-state index in [2.05, 4.69) is 24.9 Å². The van der Waals surface area contributed by atoms with Crippen molar-refractivity contribution in [1.82, 2.24) is 9.55 Å². The van der Waals surface area contributed by atoms with Gasteiger partial charge in [0.05, 0.1) is 22.8 Å². The zero-order chi connectivity index (χ0) is 22.0. The van der Waals surface area contributed by atoms with E-state index < -0.39 is 0 Å². The van der Waals surface area contributed by atoms with Gasteiger partial charge in [-0.15, -0.1) is 17.9 Å². The number of fused-ring (bicyclic) bond motifs is 3. The molecule has 4 rings (SSSR count). The molecule has 1 unspecified atom stereocenters. The number of hydrogen-bond acceptors (Lipinski definition) is 6. The lowest BCUT2D eigenvalue weighted by molar-refractivity contribution is -0.113. The van der Waals surface area contributed by atoms with Crippen LogP contribution in [0.25, 0.3) is 10.2 Å². The van der Waals surface area contributed by atoms with Crippen molar-refractivity contribution in [2.45, 2.75) is 37.9 Å². The largest absolute Gasteiger partial charge is 0.325 e. The van der Waals surface area contributed by atoms with Crippen molar-refractivity contribution >= 4 is 44.9 Å². The lowest BCUT2D eigenvalue weighted by Crippen LogP contribution is -2.24. The number of nitrogens with zero attached hydrogens (tertiary/aromatic N) is 3. The minimum absolute atomic E-state index is 0.0541. The summed E-state index contributed by atoms with van der Waals surface area (Å²) in [6.07, 6.45) is 4.67. The summed E-state index contributed by atoms with van der Waals surface area (Å²) in [5, 5.41) is 13.0. The van der Waals surface area contributed by atoms with E-state index in [1.165, 1.54) is 16.6 Å². The molecule has 1 amide bonds. The number of amides is 1. The van der Waals surface area contributed by atoms with Crippen LogP contribution in [0.3, 0.4) is 0 Å². The molecule has 1 aromatic carbocycles. The lowest BCUT2D eigenvalue weighted by Gasteiger charge is -2.17. The van der Waals surface area contributed by atoms with Crippen LogP contribution in [0.1, 0.15) is 29.3 Å². The molecule has 1 atom stereocenters. The third kappa shape index (κ3) is 4.43. The Hall–Kier alpha value is -2.89. The summed E-state index contributed by atoms with van der Waals surface area (Å²) in [6.45, 7) is 6.35. The first kappa shape index (κ1) is 21.3. The minimum atomic E-state index is -0.223. The summed E-state index contributed by atoms with van der Waals surface area (Å²) in [5.41, 5.74) is 2.15. The van der Waals surface area contributed by atoms with Crippen LogP contribution in [-0.4, -0.2) is 21.2 Å². The van der Waals surface area contributed by atoms with Crippen LogP contribution in [0, 0.1) is 17.2 Å². The predicted octanol–water partition coefficient (Wildman–Crippen LogP) is 4.37. The van der Waals surface area contributed by atoms with Gasteiger partial charge >= 0.3 is 0 Å². The first-order chi connectivity index (χ1) is 15.0. The molecule has 158 valence electrons. The molecule has 0 saturated heterocycles. The van der Waals surface area contributed by atoms with Crippen molar-refractivity contribution in [3.05, 3.63) is 63.3 Å². The maximum absolute atomic E-state index is 13.3. The second kappa shape index (κ2) is 9.08. The number of nitrogens with one attached hydrogen (secondary N) is 1. The monoisotopic (exact) mass is 450 g/mol. The molecule has 0 aliphatic heterocycles. The molecule has 1 N–H and O–H groups in total. The summed E-state index contributed by atoms with van der Waals surface area (Å²) < 4.78 is 1.61. The van der Waals surface area contributed by atoms with Gasteiger partial charge in [0, 0.05) is 17.1 Å². The third-order valence-corrected chi connectivity index (χ3v) is 7.42. The van der Waals surface area contributed by atoms with E-state index in [4.69, 9.17) is 10.2 Å². The van der Waals surface area contributed by atoms with Crippen LogP contribution in [0.15, 0.2) is 46.9 Å². The average molecular weight is 451 g/mol. The Balaban J connectivity index is 1.60. The highest BCUT2D eigenvalue weighted by atomic mass is 32.2.